The summed E-state index contributed by atoms with van der Waals surface area (Å²) in [5.41, 5.74) is 1.47. The van der Waals surface area contributed by atoms with E-state index in [2.05, 4.69) is 15.1 Å². The van der Waals surface area contributed by atoms with Crippen LogP contribution in [-0.2, 0) is 29.4 Å². The zero-order valence-corrected chi connectivity index (χ0v) is 17.0. The fourth-order valence-electron chi connectivity index (χ4n) is 2.94. The van der Waals surface area contributed by atoms with Gasteiger partial charge in [0.2, 0.25) is 5.91 Å². The summed E-state index contributed by atoms with van der Waals surface area (Å²) in [6, 6.07) is 0. The van der Waals surface area contributed by atoms with Crippen molar-refractivity contribution < 1.29 is 28.6 Å². The van der Waals surface area contributed by atoms with E-state index in [4.69, 9.17) is 4.74 Å². The molecule has 2 aromatic rings. The lowest BCUT2D eigenvalue weighted by molar-refractivity contribution is -0.772. The van der Waals surface area contributed by atoms with E-state index in [1.54, 1.807) is 20.9 Å². The molecule has 0 spiro atoms. The summed E-state index contributed by atoms with van der Waals surface area (Å²) in [5.74, 6) is -1.29. The minimum atomic E-state index is -0.582. The number of nitrogens with zero attached hydrogens (tertiary/aromatic N) is 2. The Morgan fingerprint density at radius 2 is 2.19 bits per heavy atom. The fraction of sp³-hybridized carbons (Fsp3) is 0.529. The highest BCUT2D eigenvalue weighted by Crippen LogP contribution is 2.39. The van der Waals surface area contributed by atoms with Crippen LogP contribution in [0.25, 0.3) is 0 Å². The van der Waals surface area contributed by atoms with E-state index in [0.717, 1.165) is 47.9 Å². The number of carbonyl (C=O) groups excluding carboxylic acids is 2. The number of aryl methyl sites for hydroxylation is 2. The van der Waals surface area contributed by atoms with Gasteiger partial charge >= 0.3 is 5.97 Å². The maximum atomic E-state index is 12.7. The van der Waals surface area contributed by atoms with Gasteiger partial charge in [-0.05, 0) is 56.9 Å². The predicted octanol–water partition coefficient (Wildman–Crippen LogP) is 1.81. The molecular weight excluding hydrogens is 390 g/mol. The Morgan fingerprint density at radius 1 is 1.44 bits per heavy atom. The van der Waals surface area contributed by atoms with E-state index in [9.17, 15) is 14.7 Å². The quantitative estimate of drug-likeness (QED) is 0.439. The molecule has 27 heavy (non-hydrogen) atoms. The van der Waals surface area contributed by atoms with E-state index < -0.39 is 17.2 Å². The third-order valence-electron chi connectivity index (χ3n) is 4.26. The number of esters is 1. The zero-order valence-electron chi connectivity index (χ0n) is 15.4. The Bertz CT molecular complexity index is 842. The molecule has 0 fully saturated rings. The maximum Gasteiger partial charge on any atom is 0.341 e. The van der Waals surface area contributed by atoms with Crippen LogP contribution in [0.2, 0.25) is 0 Å². The number of amides is 1. The topological polar surface area (TPSA) is 108 Å². The van der Waals surface area contributed by atoms with Crippen LogP contribution in [0.3, 0.4) is 0 Å². The number of rotatable bonds is 6. The molecule has 0 saturated heterocycles. The van der Waals surface area contributed by atoms with Gasteiger partial charge in [0.25, 0.3) is 5.03 Å². The van der Waals surface area contributed by atoms with Crippen molar-refractivity contribution in [1.82, 2.24) is 5.27 Å². The van der Waals surface area contributed by atoms with Gasteiger partial charge in [-0.15, -0.1) is 11.3 Å². The second-order valence-corrected chi connectivity index (χ2v) is 8.61. The van der Waals surface area contributed by atoms with Crippen LogP contribution in [-0.4, -0.2) is 29.0 Å². The summed E-state index contributed by atoms with van der Waals surface area (Å²) < 4.78 is 11.1. The Morgan fingerprint density at radius 3 is 2.85 bits per heavy atom. The fourth-order valence-corrected chi connectivity index (χ4v) is 5.04. The van der Waals surface area contributed by atoms with Crippen molar-refractivity contribution in [3.05, 3.63) is 16.0 Å². The van der Waals surface area contributed by atoms with Gasteiger partial charge in [-0.3, -0.25) is 4.79 Å². The van der Waals surface area contributed by atoms with Crippen LogP contribution in [0.15, 0.2) is 9.55 Å². The zero-order chi connectivity index (χ0) is 19.6. The molecule has 2 aromatic heterocycles. The SMILES string of the molecule is CCOC(=O)c1c(NC(=O)C(C)Sc2c([O-])on[n+]2C)sc2c1CCCC2. The lowest BCUT2D eigenvalue weighted by Crippen LogP contribution is -2.33. The molecule has 1 atom stereocenters. The number of anilines is 1. The Hall–Kier alpha value is -2.07. The monoisotopic (exact) mass is 411 g/mol. The van der Waals surface area contributed by atoms with Gasteiger partial charge in [-0.2, -0.15) is 0 Å². The molecule has 1 N–H and O–H groups in total. The summed E-state index contributed by atoms with van der Waals surface area (Å²) >= 11 is 2.50. The van der Waals surface area contributed by atoms with Gasteiger partial charge in [0.1, 0.15) is 5.00 Å². The summed E-state index contributed by atoms with van der Waals surface area (Å²) in [6.45, 7) is 3.72. The Kier molecular flexibility index (Phi) is 6.05. The van der Waals surface area contributed by atoms with Crippen LogP contribution in [0.1, 0.15) is 47.5 Å². The molecule has 0 bridgehead atoms. The number of fused-ring (bicyclic) bond motifs is 1. The molecule has 2 heterocycles. The Balaban J connectivity index is 1.80. The third-order valence-corrected chi connectivity index (χ3v) is 6.69. The molecule has 3 rings (SSSR count). The second-order valence-electron chi connectivity index (χ2n) is 6.17. The number of thiophene rings is 1. The first-order valence-corrected chi connectivity index (χ1v) is 10.4. The summed E-state index contributed by atoms with van der Waals surface area (Å²) in [4.78, 5) is 26.3. The molecule has 8 nitrogen and oxygen atoms in total. The van der Waals surface area contributed by atoms with Crippen molar-refractivity contribution in [3.8, 4) is 5.95 Å². The van der Waals surface area contributed by atoms with Crippen LogP contribution < -0.4 is 15.1 Å². The molecule has 10 heteroatoms. The maximum absolute atomic E-state index is 12.7. The normalized spacial score (nSPS) is 14.5. The van der Waals surface area contributed by atoms with Gasteiger partial charge in [-0.25, -0.2) is 4.79 Å². The molecular formula is C17H21N3O5S2. The molecule has 1 amide bonds. The number of hydrogen-bond donors (Lipinski definition) is 1. The summed E-state index contributed by atoms with van der Waals surface area (Å²) in [6.07, 6.45) is 3.82. The second kappa shape index (κ2) is 8.30. The van der Waals surface area contributed by atoms with E-state index >= 15 is 0 Å². The first kappa shape index (κ1) is 19.7. The number of ether oxygens (including phenoxy) is 1. The van der Waals surface area contributed by atoms with Crippen molar-refractivity contribution in [2.24, 2.45) is 7.05 Å². The lowest BCUT2D eigenvalue weighted by Gasteiger charge is -2.13. The highest BCUT2D eigenvalue weighted by molar-refractivity contribution is 8.00. The van der Waals surface area contributed by atoms with Gasteiger partial charge in [0.15, 0.2) is 13.0 Å². The van der Waals surface area contributed by atoms with Crippen molar-refractivity contribution in [1.29, 1.82) is 0 Å². The van der Waals surface area contributed by atoms with Crippen molar-refractivity contribution in [2.75, 3.05) is 11.9 Å². The van der Waals surface area contributed by atoms with E-state index in [0.29, 0.717) is 10.6 Å². The predicted molar refractivity (Wildman–Crippen MR) is 98.0 cm³/mol. The van der Waals surface area contributed by atoms with Crippen molar-refractivity contribution in [2.45, 2.75) is 49.8 Å². The largest absolute Gasteiger partial charge is 0.538 e. The van der Waals surface area contributed by atoms with Crippen LogP contribution in [0.5, 0.6) is 5.95 Å². The van der Waals surface area contributed by atoms with Crippen molar-refractivity contribution in [3.63, 3.8) is 0 Å². The number of thioether (sulfide) groups is 1. The average Bonchev–Trinajstić information content (AvgIpc) is 3.16. The van der Waals surface area contributed by atoms with E-state index in [1.807, 2.05) is 0 Å². The smallest absolute Gasteiger partial charge is 0.341 e. The standard InChI is InChI=1S/C17H21N3O5S2/c1-4-24-16(22)12-10-7-5-6-8-11(10)27-14(12)18-13(21)9(2)26-15-17(23)25-19-20(15)3/h9H,4-8H2,1-3H3,(H-,18,19,21,22,23). The third kappa shape index (κ3) is 4.11. The summed E-state index contributed by atoms with van der Waals surface area (Å²) in [5, 5.41) is 18.2. The van der Waals surface area contributed by atoms with Gasteiger partial charge in [-0.1, -0.05) is 4.68 Å². The number of carbonyl (C=O) groups is 2. The van der Waals surface area contributed by atoms with Crippen molar-refractivity contribution >= 4 is 40.0 Å². The van der Waals surface area contributed by atoms with Gasteiger partial charge < -0.3 is 19.7 Å². The molecule has 0 radical (unpaired) electrons. The first-order valence-electron chi connectivity index (χ1n) is 8.74. The molecule has 1 aliphatic rings. The van der Waals surface area contributed by atoms with E-state index in [1.165, 1.54) is 16.0 Å². The first-order chi connectivity index (χ1) is 12.9. The highest BCUT2D eigenvalue weighted by atomic mass is 32.2. The molecule has 0 aliphatic heterocycles. The number of nitrogens with one attached hydrogen (secondary N) is 1. The summed E-state index contributed by atoms with van der Waals surface area (Å²) in [7, 11) is 1.57. The highest BCUT2D eigenvalue weighted by Gasteiger charge is 2.29. The molecule has 1 aliphatic carbocycles. The van der Waals surface area contributed by atoms with Crippen LogP contribution in [0.4, 0.5) is 5.00 Å². The number of aromatic nitrogens is 2. The number of hydrogen-bond acceptors (Lipinski definition) is 8. The molecule has 0 saturated carbocycles. The Labute approximate surface area is 164 Å². The van der Waals surface area contributed by atoms with Gasteiger partial charge in [0.05, 0.1) is 22.7 Å². The lowest BCUT2D eigenvalue weighted by atomic mass is 9.95. The minimum Gasteiger partial charge on any atom is -0.538 e. The molecule has 146 valence electrons. The molecule has 1 unspecified atom stereocenters. The molecule has 0 aromatic carbocycles. The van der Waals surface area contributed by atoms with Gasteiger partial charge in [0, 0.05) is 4.88 Å². The minimum absolute atomic E-state index is 0.244. The van der Waals surface area contributed by atoms with E-state index in [-0.39, 0.29) is 17.5 Å². The van der Waals surface area contributed by atoms with Crippen LogP contribution >= 0.6 is 23.1 Å². The average molecular weight is 412 g/mol. The van der Waals surface area contributed by atoms with Crippen LogP contribution in [0, 0.1) is 0 Å².